The highest BCUT2D eigenvalue weighted by atomic mass is 32.1. The van der Waals surface area contributed by atoms with Gasteiger partial charge in [-0.15, -0.1) is 11.3 Å². The van der Waals surface area contributed by atoms with Crippen LogP contribution in [0.4, 0.5) is 17.2 Å². The Labute approximate surface area is 175 Å². The molecule has 4 aromatic rings. The standard InChI is InChI=1S/C24H24N4S/c1-17-21(18-8-4-2-5-9-18)22-23(25-16-26-24(22)29-17)27-19-10-12-20(13-11-19)28-14-6-3-7-15-28/h2,4-5,8-13,16H,3,6-7,14-15H2,1H3,(H,25,26,27). The molecule has 2 aromatic heterocycles. The number of thiophene rings is 1. The molecule has 5 heteroatoms. The summed E-state index contributed by atoms with van der Waals surface area (Å²) >= 11 is 1.72. The number of fused-ring (bicyclic) bond motifs is 1. The van der Waals surface area contributed by atoms with Crippen molar-refractivity contribution in [2.45, 2.75) is 26.2 Å². The van der Waals surface area contributed by atoms with E-state index < -0.39 is 0 Å². The zero-order valence-electron chi connectivity index (χ0n) is 16.6. The Hall–Kier alpha value is -2.92. The van der Waals surface area contributed by atoms with Gasteiger partial charge in [0, 0.05) is 34.9 Å². The Balaban J connectivity index is 1.49. The first-order chi connectivity index (χ1) is 14.3. The summed E-state index contributed by atoms with van der Waals surface area (Å²) in [6, 6.07) is 19.2. The van der Waals surface area contributed by atoms with Gasteiger partial charge in [0.25, 0.3) is 0 Å². The zero-order valence-corrected chi connectivity index (χ0v) is 17.4. The van der Waals surface area contributed by atoms with Crippen molar-refractivity contribution in [3.8, 4) is 11.1 Å². The number of nitrogens with zero attached hydrogens (tertiary/aromatic N) is 3. The van der Waals surface area contributed by atoms with Crippen molar-refractivity contribution in [1.29, 1.82) is 0 Å². The quantitative estimate of drug-likeness (QED) is 0.430. The first-order valence-electron chi connectivity index (χ1n) is 10.2. The van der Waals surface area contributed by atoms with Crippen LogP contribution in [0.1, 0.15) is 24.1 Å². The molecule has 2 aromatic carbocycles. The molecule has 1 aliphatic rings. The van der Waals surface area contributed by atoms with E-state index in [1.165, 1.54) is 41.0 Å². The molecular formula is C24H24N4S. The minimum Gasteiger partial charge on any atom is -0.372 e. The van der Waals surface area contributed by atoms with E-state index >= 15 is 0 Å². The van der Waals surface area contributed by atoms with Gasteiger partial charge in [-0.2, -0.15) is 0 Å². The molecule has 4 nitrogen and oxygen atoms in total. The molecule has 0 saturated carbocycles. The monoisotopic (exact) mass is 400 g/mol. The van der Waals surface area contributed by atoms with Gasteiger partial charge in [0.15, 0.2) is 0 Å². The SMILES string of the molecule is Cc1sc2ncnc(Nc3ccc(N4CCCCC4)cc3)c2c1-c1ccccc1. The van der Waals surface area contributed by atoms with Gasteiger partial charge < -0.3 is 10.2 Å². The topological polar surface area (TPSA) is 41.1 Å². The third kappa shape index (κ3) is 3.58. The lowest BCUT2D eigenvalue weighted by atomic mass is 10.0. The summed E-state index contributed by atoms with van der Waals surface area (Å²) in [5.74, 6) is 0.865. The van der Waals surface area contributed by atoms with E-state index in [1.54, 1.807) is 17.7 Å². The molecule has 1 aliphatic heterocycles. The number of hydrogen-bond acceptors (Lipinski definition) is 5. The molecule has 0 aliphatic carbocycles. The molecule has 0 radical (unpaired) electrons. The number of rotatable bonds is 4. The molecule has 5 rings (SSSR count). The average Bonchev–Trinajstić information content (AvgIpc) is 3.12. The average molecular weight is 401 g/mol. The first kappa shape index (κ1) is 18.1. The number of aryl methyl sites for hydroxylation is 1. The summed E-state index contributed by atoms with van der Waals surface area (Å²) < 4.78 is 0. The number of hydrogen-bond donors (Lipinski definition) is 1. The van der Waals surface area contributed by atoms with E-state index in [0.29, 0.717) is 0 Å². The fraction of sp³-hybridized carbons (Fsp3) is 0.250. The number of aromatic nitrogens is 2. The van der Waals surface area contributed by atoms with Gasteiger partial charge in [0.05, 0.1) is 5.39 Å². The van der Waals surface area contributed by atoms with E-state index in [1.807, 2.05) is 6.07 Å². The third-order valence-corrected chi connectivity index (χ3v) is 6.59. The normalized spacial score (nSPS) is 14.3. The van der Waals surface area contributed by atoms with Crippen LogP contribution in [0.25, 0.3) is 21.3 Å². The summed E-state index contributed by atoms with van der Waals surface area (Å²) in [5, 5.41) is 4.64. The van der Waals surface area contributed by atoms with Crippen molar-refractivity contribution in [1.82, 2.24) is 9.97 Å². The smallest absolute Gasteiger partial charge is 0.143 e. The fourth-order valence-electron chi connectivity index (χ4n) is 4.14. The number of benzene rings is 2. The van der Waals surface area contributed by atoms with Gasteiger partial charge in [-0.25, -0.2) is 9.97 Å². The molecule has 3 heterocycles. The molecular weight excluding hydrogens is 376 g/mol. The highest BCUT2D eigenvalue weighted by Crippen LogP contribution is 2.41. The Kier molecular flexibility index (Phi) is 4.90. The molecule has 1 N–H and O–H groups in total. The molecule has 0 amide bonds. The molecule has 146 valence electrons. The van der Waals surface area contributed by atoms with Gasteiger partial charge in [-0.1, -0.05) is 30.3 Å². The maximum atomic E-state index is 4.59. The van der Waals surface area contributed by atoms with Crippen LogP contribution in [-0.2, 0) is 0 Å². The van der Waals surface area contributed by atoms with E-state index in [0.717, 1.165) is 34.8 Å². The van der Waals surface area contributed by atoms with Crippen LogP contribution in [0.5, 0.6) is 0 Å². The maximum absolute atomic E-state index is 4.59. The number of nitrogens with one attached hydrogen (secondary N) is 1. The van der Waals surface area contributed by atoms with Crippen molar-refractivity contribution >= 4 is 38.7 Å². The van der Waals surface area contributed by atoms with E-state index in [9.17, 15) is 0 Å². The van der Waals surface area contributed by atoms with Gasteiger partial charge in [-0.05, 0) is 56.0 Å². The van der Waals surface area contributed by atoms with E-state index in [4.69, 9.17) is 0 Å². The lowest BCUT2D eigenvalue weighted by molar-refractivity contribution is 0.578. The lowest BCUT2D eigenvalue weighted by Gasteiger charge is -2.28. The maximum Gasteiger partial charge on any atom is 0.143 e. The molecule has 0 bridgehead atoms. The van der Waals surface area contributed by atoms with E-state index in [-0.39, 0.29) is 0 Å². The summed E-state index contributed by atoms with van der Waals surface area (Å²) in [6.07, 6.45) is 5.58. The van der Waals surface area contributed by atoms with Crippen LogP contribution in [0.3, 0.4) is 0 Å². The highest BCUT2D eigenvalue weighted by molar-refractivity contribution is 7.19. The van der Waals surface area contributed by atoms with Crippen molar-refractivity contribution in [3.63, 3.8) is 0 Å². The van der Waals surface area contributed by atoms with Gasteiger partial charge in [0.2, 0.25) is 0 Å². The summed E-state index contributed by atoms with van der Waals surface area (Å²) in [7, 11) is 0. The molecule has 1 fully saturated rings. The highest BCUT2D eigenvalue weighted by Gasteiger charge is 2.17. The molecule has 1 saturated heterocycles. The van der Waals surface area contributed by atoms with Crippen molar-refractivity contribution < 1.29 is 0 Å². The molecule has 0 atom stereocenters. The predicted octanol–water partition coefficient (Wildman–Crippen LogP) is 6.40. The number of piperidine rings is 1. The van der Waals surface area contributed by atoms with E-state index in [2.05, 4.69) is 75.6 Å². The molecule has 0 unspecified atom stereocenters. The zero-order chi connectivity index (χ0) is 19.6. The molecule has 0 spiro atoms. The summed E-state index contributed by atoms with van der Waals surface area (Å²) in [6.45, 7) is 4.48. The Morgan fingerprint density at radius 1 is 0.897 bits per heavy atom. The Morgan fingerprint density at radius 2 is 1.66 bits per heavy atom. The van der Waals surface area contributed by atoms with Gasteiger partial charge in [0.1, 0.15) is 17.0 Å². The van der Waals surface area contributed by atoms with Crippen LogP contribution in [0.2, 0.25) is 0 Å². The van der Waals surface area contributed by atoms with Gasteiger partial charge >= 0.3 is 0 Å². The van der Waals surface area contributed by atoms with Crippen molar-refractivity contribution in [2.24, 2.45) is 0 Å². The van der Waals surface area contributed by atoms with Crippen LogP contribution in [0.15, 0.2) is 60.9 Å². The second kappa shape index (κ2) is 7.84. The number of anilines is 3. The molecule has 29 heavy (non-hydrogen) atoms. The Bertz CT molecular complexity index is 1110. The fourth-order valence-corrected chi connectivity index (χ4v) is 5.15. The summed E-state index contributed by atoms with van der Waals surface area (Å²) in [4.78, 5) is 13.9. The van der Waals surface area contributed by atoms with Crippen LogP contribution >= 0.6 is 11.3 Å². The van der Waals surface area contributed by atoms with Crippen molar-refractivity contribution in [2.75, 3.05) is 23.3 Å². The largest absolute Gasteiger partial charge is 0.372 e. The predicted molar refractivity (Wildman–Crippen MR) is 123 cm³/mol. The van der Waals surface area contributed by atoms with Gasteiger partial charge in [-0.3, -0.25) is 0 Å². The van der Waals surface area contributed by atoms with Crippen LogP contribution < -0.4 is 10.2 Å². The Morgan fingerprint density at radius 3 is 2.41 bits per heavy atom. The van der Waals surface area contributed by atoms with Crippen molar-refractivity contribution in [3.05, 3.63) is 65.8 Å². The lowest BCUT2D eigenvalue weighted by Crippen LogP contribution is -2.29. The summed E-state index contributed by atoms with van der Waals surface area (Å²) in [5.41, 5.74) is 4.78. The third-order valence-electron chi connectivity index (χ3n) is 5.58. The second-order valence-corrected chi connectivity index (χ2v) is 8.72. The first-order valence-corrected chi connectivity index (χ1v) is 11.0. The van der Waals surface area contributed by atoms with Crippen LogP contribution in [-0.4, -0.2) is 23.1 Å². The minimum atomic E-state index is 0.865. The minimum absolute atomic E-state index is 0.865. The second-order valence-electron chi connectivity index (χ2n) is 7.52. The van der Waals surface area contributed by atoms with Crippen LogP contribution in [0, 0.1) is 6.92 Å².